The van der Waals surface area contributed by atoms with Crippen molar-refractivity contribution in [3.8, 4) is 5.75 Å². The SMILES string of the molecule is CCCCCCCCNc1cc(N)cc(OCCC)c1. The Balaban J connectivity index is 2.26. The summed E-state index contributed by atoms with van der Waals surface area (Å²) in [5, 5.41) is 3.43. The van der Waals surface area contributed by atoms with Gasteiger partial charge in [0.2, 0.25) is 0 Å². The van der Waals surface area contributed by atoms with E-state index in [-0.39, 0.29) is 0 Å². The van der Waals surface area contributed by atoms with Crippen LogP contribution in [0.5, 0.6) is 5.75 Å². The second-order valence-corrected chi connectivity index (χ2v) is 5.33. The highest BCUT2D eigenvalue weighted by molar-refractivity contribution is 5.59. The number of nitrogen functional groups attached to an aromatic ring is 1. The monoisotopic (exact) mass is 278 g/mol. The largest absolute Gasteiger partial charge is 0.493 e. The number of rotatable bonds is 11. The van der Waals surface area contributed by atoms with Crippen LogP contribution in [0.1, 0.15) is 58.8 Å². The van der Waals surface area contributed by atoms with Gasteiger partial charge in [0.05, 0.1) is 6.61 Å². The maximum absolute atomic E-state index is 5.90. The summed E-state index contributed by atoms with van der Waals surface area (Å²) in [5.41, 5.74) is 7.71. The predicted molar refractivity (Wildman–Crippen MR) is 88.5 cm³/mol. The van der Waals surface area contributed by atoms with E-state index in [1.807, 2.05) is 18.2 Å². The van der Waals surface area contributed by atoms with Crippen LogP contribution < -0.4 is 15.8 Å². The Kier molecular flexibility index (Phi) is 8.68. The van der Waals surface area contributed by atoms with Crippen LogP contribution in [0.3, 0.4) is 0 Å². The zero-order valence-electron chi connectivity index (χ0n) is 13.1. The van der Waals surface area contributed by atoms with Crippen LogP contribution in [-0.4, -0.2) is 13.2 Å². The quantitative estimate of drug-likeness (QED) is 0.450. The molecule has 114 valence electrons. The number of nitrogens with one attached hydrogen (secondary N) is 1. The fraction of sp³-hybridized carbons (Fsp3) is 0.647. The maximum atomic E-state index is 5.90. The highest BCUT2D eigenvalue weighted by atomic mass is 16.5. The molecule has 0 atom stereocenters. The van der Waals surface area contributed by atoms with Crippen LogP contribution in [0.25, 0.3) is 0 Å². The minimum atomic E-state index is 0.736. The van der Waals surface area contributed by atoms with E-state index in [1.165, 1.54) is 38.5 Å². The van der Waals surface area contributed by atoms with Crippen molar-refractivity contribution >= 4 is 11.4 Å². The average molecular weight is 278 g/mol. The summed E-state index contributed by atoms with van der Waals surface area (Å²) in [5.74, 6) is 0.859. The first-order valence-electron chi connectivity index (χ1n) is 8.03. The van der Waals surface area contributed by atoms with Crippen molar-refractivity contribution < 1.29 is 4.74 Å². The molecule has 1 aromatic carbocycles. The Morgan fingerprint density at radius 3 is 2.45 bits per heavy atom. The van der Waals surface area contributed by atoms with E-state index in [1.54, 1.807) is 0 Å². The van der Waals surface area contributed by atoms with Crippen LogP contribution in [0.2, 0.25) is 0 Å². The van der Waals surface area contributed by atoms with Crippen LogP contribution in [-0.2, 0) is 0 Å². The molecule has 0 aliphatic rings. The van der Waals surface area contributed by atoms with E-state index in [0.29, 0.717) is 0 Å². The van der Waals surface area contributed by atoms with Gasteiger partial charge in [0.1, 0.15) is 5.75 Å². The van der Waals surface area contributed by atoms with E-state index in [4.69, 9.17) is 10.5 Å². The molecule has 3 nitrogen and oxygen atoms in total. The lowest BCUT2D eigenvalue weighted by Gasteiger charge is -2.11. The normalized spacial score (nSPS) is 10.5. The van der Waals surface area contributed by atoms with Crippen LogP contribution in [0.4, 0.5) is 11.4 Å². The molecule has 0 bridgehead atoms. The highest BCUT2D eigenvalue weighted by Crippen LogP contribution is 2.22. The number of benzene rings is 1. The molecule has 0 saturated carbocycles. The third kappa shape index (κ3) is 7.27. The Bertz CT molecular complexity index is 366. The molecule has 3 heteroatoms. The lowest BCUT2D eigenvalue weighted by molar-refractivity contribution is 0.318. The van der Waals surface area contributed by atoms with Gasteiger partial charge in [-0.25, -0.2) is 0 Å². The van der Waals surface area contributed by atoms with Gasteiger partial charge in [-0.2, -0.15) is 0 Å². The number of ether oxygens (including phenoxy) is 1. The lowest BCUT2D eigenvalue weighted by Crippen LogP contribution is -2.03. The molecular formula is C17H30N2O. The first kappa shape index (κ1) is 16.7. The summed E-state index contributed by atoms with van der Waals surface area (Å²) in [6, 6.07) is 5.88. The van der Waals surface area contributed by atoms with E-state index in [0.717, 1.165) is 36.7 Å². The third-order valence-electron chi connectivity index (χ3n) is 3.26. The molecule has 0 spiro atoms. The average Bonchev–Trinajstić information content (AvgIpc) is 2.43. The molecule has 0 fully saturated rings. The second-order valence-electron chi connectivity index (χ2n) is 5.33. The third-order valence-corrected chi connectivity index (χ3v) is 3.26. The van der Waals surface area contributed by atoms with E-state index in [2.05, 4.69) is 19.2 Å². The molecule has 3 N–H and O–H groups in total. The lowest BCUT2D eigenvalue weighted by atomic mass is 10.1. The Morgan fingerprint density at radius 1 is 0.950 bits per heavy atom. The molecule has 1 rings (SSSR count). The standard InChI is InChI=1S/C17H30N2O/c1-3-5-6-7-8-9-10-19-16-12-15(18)13-17(14-16)20-11-4-2/h12-14,19H,3-11,18H2,1-2H3. The second kappa shape index (κ2) is 10.4. The number of anilines is 2. The fourth-order valence-corrected chi connectivity index (χ4v) is 2.17. The Morgan fingerprint density at radius 2 is 1.70 bits per heavy atom. The minimum Gasteiger partial charge on any atom is -0.493 e. The molecular weight excluding hydrogens is 248 g/mol. The molecule has 0 saturated heterocycles. The summed E-state index contributed by atoms with van der Waals surface area (Å²) in [7, 11) is 0. The van der Waals surface area contributed by atoms with Gasteiger partial charge in [0, 0.05) is 30.1 Å². The van der Waals surface area contributed by atoms with Gasteiger partial charge in [-0.1, -0.05) is 46.0 Å². The Hall–Kier alpha value is -1.38. The van der Waals surface area contributed by atoms with E-state index < -0.39 is 0 Å². The number of hydrogen-bond acceptors (Lipinski definition) is 3. The summed E-state index contributed by atoms with van der Waals surface area (Å²) >= 11 is 0. The van der Waals surface area contributed by atoms with Crippen molar-refractivity contribution in [2.75, 3.05) is 24.2 Å². The molecule has 20 heavy (non-hydrogen) atoms. The topological polar surface area (TPSA) is 47.3 Å². The van der Waals surface area contributed by atoms with E-state index in [9.17, 15) is 0 Å². The molecule has 0 unspecified atom stereocenters. The van der Waals surface area contributed by atoms with Gasteiger partial charge in [-0.3, -0.25) is 0 Å². The molecule has 1 aromatic rings. The molecule has 0 amide bonds. The van der Waals surface area contributed by atoms with Gasteiger partial charge >= 0.3 is 0 Å². The first-order valence-corrected chi connectivity index (χ1v) is 8.03. The van der Waals surface area contributed by atoms with Gasteiger partial charge < -0.3 is 15.8 Å². The molecule has 0 heterocycles. The molecule has 0 aromatic heterocycles. The van der Waals surface area contributed by atoms with Crippen molar-refractivity contribution in [2.24, 2.45) is 0 Å². The fourth-order valence-electron chi connectivity index (χ4n) is 2.17. The van der Waals surface area contributed by atoms with Crippen LogP contribution in [0.15, 0.2) is 18.2 Å². The molecule has 0 radical (unpaired) electrons. The Labute approximate surface area is 123 Å². The van der Waals surface area contributed by atoms with Gasteiger partial charge in [0.15, 0.2) is 0 Å². The zero-order valence-corrected chi connectivity index (χ0v) is 13.1. The van der Waals surface area contributed by atoms with Crippen molar-refractivity contribution in [1.29, 1.82) is 0 Å². The number of unbranched alkanes of at least 4 members (excludes halogenated alkanes) is 5. The highest BCUT2D eigenvalue weighted by Gasteiger charge is 2.00. The minimum absolute atomic E-state index is 0.736. The van der Waals surface area contributed by atoms with E-state index >= 15 is 0 Å². The first-order chi connectivity index (χ1) is 9.76. The van der Waals surface area contributed by atoms with Crippen molar-refractivity contribution in [3.05, 3.63) is 18.2 Å². The summed E-state index contributed by atoms with van der Waals surface area (Å²) in [4.78, 5) is 0. The van der Waals surface area contributed by atoms with Crippen molar-refractivity contribution in [3.63, 3.8) is 0 Å². The van der Waals surface area contributed by atoms with Gasteiger partial charge in [0.25, 0.3) is 0 Å². The zero-order chi connectivity index (χ0) is 14.6. The van der Waals surface area contributed by atoms with Crippen LogP contribution in [0, 0.1) is 0 Å². The van der Waals surface area contributed by atoms with Gasteiger partial charge in [-0.05, 0) is 18.9 Å². The predicted octanol–water partition coefficient (Wildman–Crippen LogP) is 4.83. The van der Waals surface area contributed by atoms with Crippen LogP contribution >= 0.6 is 0 Å². The van der Waals surface area contributed by atoms with Crippen molar-refractivity contribution in [1.82, 2.24) is 0 Å². The maximum Gasteiger partial charge on any atom is 0.123 e. The van der Waals surface area contributed by atoms with Crippen molar-refractivity contribution in [2.45, 2.75) is 58.8 Å². The number of hydrogen-bond donors (Lipinski definition) is 2. The van der Waals surface area contributed by atoms with Gasteiger partial charge in [-0.15, -0.1) is 0 Å². The summed E-state index contributed by atoms with van der Waals surface area (Å²) < 4.78 is 5.63. The summed E-state index contributed by atoms with van der Waals surface area (Å²) in [6.45, 7) is 6.09. The summed E-state index contributed by atoms with van der Waals surface area (Å²) in [6.07, 6.45) is 8.90. The number of nitrogens with two attached hydrogens (primary N) is 1. The smallest absolute Gasteiger partial charge is 0.123 e. The molecule has 0 aliphatic carbocycles. The molecule has 0 aliphatic heterocycles.